The maximum absolute atomic E-state index is 5.68. The molecule has 0 fully saturated rings. The largest absolute Gasteiger partial charge is 0.125 e. The van der Waals surface area contributed by atoms with Gasteiger partial charge in [0, 0.05) is 11.3 Å². The third-order valence-corrected chi connectivity index (χ3v) is 1.84. The second-order valence-electron chi connectivity index (χ2n) is 1.75. The third-order valence-electron chi connectivity index (χ3n) is 0.935. The Kier molecular flexibility index (Phi) is 6.13. The molecule has 0 aromatic rings. The summed E-state index contributed by atoms with van der Waals surface area (Å²) in [6, 6.07) is 0. The predicted molar refractivity (Wildman–Crippen MR) is 39.6 cm³/mol. The molecule has 0 spiro atoms. The molecule has 0 aromatic heterocycles. The van der Waals surface area contributed by atoms with Crippen molar-refractivity contribution in [3.63, 3.8) is 0 Å². The number of alkyl halides is 2. The highest BCUT2D eigenvalue weighted by Gasteiger charge is 1.98. The minimum Gasteiger partial charge on any atom is -0.125 e. The smallest absolute Gasteiger partial charge is 0.0471 e. The van der Waals surface area contributed by atoms with Crippen LogP contribution in [-0.4, -0.2) is 11.3 Å². The van der Waals surface area contributed by atoms with Crippen molar-refractivity contribution in [1.82, 2.24) is 0 Å². The van der Waals surface area contributed by atoms with E-state index < -0.39 is 0 Å². The van der Waals surface area contributed by atoms with Crippen LogP contribution < -0.4 is 0 Å². The van der Waals surface area contributed by atoms with Crippen molar-refractivity contribution in [2.75, 3.05) is 5.88 Å². The van der Waals surface area contributed by atoms with Crippen LogP contribution >= 0.6 is 23.2 Å². The first kappa shape index (κ1) is 8.58. The van der Waals surface area contributed by atoms with Gasteiger partial charge >= 0.3 is 0 Å². The summed E-state index contributed by atoms with van der Waals surface area (Å²) in [5.41, 5.74) is 0. The van der Waals surface area contributed by atoms with Crippen LogP contribution in [-0.2, 0) is 0 Å². The zero-order valence-electron chi connectivity index (χ0n) is 4.87. The number of unbranched alkanes of at least 4 members (excludes halogenated alkanes) is 1. The van der Waals surface area contributed by atoms with Crippen LogP contribution in [0.2, 0.25) is 0 Å². The second kappa shape index (κ2) is 5.71. The van der Waals surface area contributed by atoms with E-state index in [2.05, 4.69) is 6.92 Å². The van der Waals surface area contributed by atoms with E-state index in [1.165, 1.54) is 0 Å². The van der Waals surface area contributed by atoms with Crippen LogP contribution in [0.1, 0.15) is 19.3 Å². The standard InChI is InChI=1S/C6H11Cl2/c1-2-3-4-6(8)5-7/h6H,1-5H2. The molecule has 49 valence electrons. The van der Waals surface area contributed by atoms with Crippen LogP contribution in [0, 0.1) is 6.92 Å². The summed E-state index contributed by atoms with van der Waals surface area (Å²) >= 11 is 11.1. The summed E-state index contributed by atoms with van der Waals surface area (Å²) < 4.78 is 0. The van der Waals surface area contributed by atoms with Gasteiger partial charge in [-0.25, -0.2) is 0 Å². The molecule has 0 heterocycles. The van der Waals surface area contributed by atoms with E-state index in [-0.39, 0.29) is 5.38 Å². The van der Waals surface area contributed by atoms with Gasteiger partial charge in [-0.05, 0) is 6.42 Å². The highest BCUT2D eigenvalue weighted by molar-refractivity contribution is 6.28. The second-order valence-corrected chi connectivity index (χ2v) is 2.67. The van der Waals surface area contributed by atoms with Crippen molar-refractivity contribution in [3.05, 3.63) is 6.92 Å². The SMILES string of the molecule is [CH2]CCCC(Cl)CCl. The van der Waals surface area contributed by atoms with Gasteiger partial charge in [-0.2, -0.15) is 0 Å². The number of halogens is 2. The molecule has 0 aromatic carbocycles. The van der Waals surface area contributed by atoms with E-state index in [0.29, 0.717) is 5.88 Å². The molecule has 8 heavy (non-hydrogen) atoms. The number of hydrogen-bond acceptors (Lipinski definition) is 0. The summed E-state index contributed by atoms with van der Waals surface area (Å²) in [7, 11) is 0. The fourth-order valence-corrected chi connectivity index (χ4v) is 0.752. The summed E-state index contributed by atoms with van der Waals surface area (Å²) in [4.78, 5) is 0. The zero-order chi connectivity index (χ0) is 6.41. The molecule has 0 aliphatic carbocycles. The normalized spacial score (nSPS) is 13.9. The minimum absolute atomic E-state index is 0.151. The van der Waals surface area contributed by atoms with Crippen molar-refractivity contribution in [1.29, 1.82) is 0 Å². The lowest BCUT2D eigenvalue weighted by Gasteiger charge is -2.00. The Hall–Kier alpha value is 0.580. The quantitative estimate of drug-likeness (QED) is 0.546. The van der Waals surface area contributed by atoms with Crippen LogP contribution in [0.15, 0.2) is 0 Å². The summed E-state index contributed by atoms with van der Waals surface area (Å²) in [5.74, 6) is 0.557. The third kappa shape index (κ3) is 4.73. The highest BCUT2D eigenvalue weighted by atomic mass is 35.5. The monoisotopic (exact) mass is 153 g/mol. The van der Waals surface area contributed by atoms with Crippen LogP contribution in [0.3, 0.4) is 0 Å². The van der Waals surface area contributed by atoms with E-state index in [0.717, 1.165) is 19.3 Å². The molecule has 0 saturated heterocycles. The Morgan fingerprint density at radius 1 is 1.50 bits per heavy atom. The minimum atomic E-state index is 0.151. The van der Waals surface area contributed by atoms with Crippen molar-refractivity contribution < 1.29 is 0 Å². The zero-order valence-corrected chi connectivity index (χ0v) is 6.38. The summed E-state index contributed by atoms with van der Waals surface area (Å²) in [6.07, 6.45) is 3.04. The average molecular weight is 154 g/mol. The van der Waals surface area contributed by atoms with E-state index in [9.17, 15) is 0 Å². The van der Waals surface area contributed by atoms with Crippen molar-refractivity contribution in [2.24, 2.45) is 0 Å². The van der Waals surface area contributed by atoms with Crippen LogP contribution in [0.4, 0.5) is 0 Å². The van der Waals surface area contributed by atoms with Crippen molar-refractivity contribution in [2.45, 2.75) is 24.6 Å². The van der Waals surface area contributed by atoms with Gasteiger partial charge in [-0.1, -0.05) is 19.8 Å². The molecule has 0 saturated carbocycles. The van der Waals surface area contributed by atoms with Crippen LogP contribution in [0.25, 0.3) is 0 Å². The molecule has 0 aliphatic rings. The number of hydrogen-bond donors (Lipinski definition) is 0. The van der Waals surface area contributed by atoms with E-state index in [1.807, 2.05) is 0 Å². The molecule has 1 radical (unpaired) electrons. The lowest BCUT2D eigenvalue weighted by molar-refractivity contribution is 0.738. The van der Waals surface area contributed by atoms with Gasteiger partial charge in [0.1, 0.15) is 0 Å². The number of rotatable bonds is 4. The molecule has 1 unspecified atom stereocenters. The Balaban J connectivity index is 2.86. The molecule has 0 rings (SSSR count). The van der Waals surface area contributed by atoms with E-state index in [4.69, 9.17) is 23.2 Å². The summed E-state index contributed by atoms with van der Waals surface area (Å²) in [6.45, 7) is 3.69. The molecule has 0 amide bonds. The molecule has 0 aliphatic heterocycles. The van der Waals surface area contributed by atoms with Gasteiger partial charge in [0.05, 0.1) is 0 Å². The lowest BCUT2D eigenvalue weighted by atomic mass is 10.2. The van der Waals surface area contributed by atoms with Gasteiger partial charge in [0.25, 0.3) is 0 Å². The van der Waals surface area contributed by atoms with Crippen LogP contribution in [0.5, 0.6) is 0 Å². The first-order valence-corrected chi connectivity index (χ1v) is 3.77. The molecule has 0 bridgehead atoms. The average Bonchev–Trinajstić information content (AvgIpc) is 1.83. The Morgan fingerprint density at radius 3 is 2.50 bits per heavy atom. The summed E-state index contributed by atoms with van der Waals surface area (Å²) in [5, 5.41) is 0.151. The lowest BCUT2D eigenvalue weighted by Crippen LogP contribution is -1.98. The Morgan fingerprint density at radius 2 is 2.12 bits per heavy atom. The van der Waals surface area contributed by atoms with Gasteiger partial charge in [0.15, 0.2) is 0 Å². The Bertz CT molecular complexity index is 45.8. The molecule has 1 atom stereocenters. The fraction of sp³-hybridized carbons (Fsp3) is 0.833. The van der Waals surface area contributed by atoms with E-state index in [1.54, 1.807) is 0 Å². The maximum Gasteiger partial charge on any atom is 0.0471 e. The van der Waals surface area contributed by atoms with E-state index >= 15 is 0 Å². The topological polar surface area (TPSA) is 0 Å². The van der Waals surface area contributed by atoms with Gasteiger partial charge in [-0.3, -0.25) is 0 Å². The molecular formula is C6H11Cl2. The highest BCUT2D eigenvalue weighted by Crippen LogP contribution is 2.07. The first-order chi connectivity index (χ1) is 3.81. The fourth-order valence-electron chi connectivity index (χ4n) is 0.443. The predicted octanol–water partition coefficient (Wildman–Crippen LogP) is 2.84. The van der Waals surface area contributed by atoms with Crippen molar-refractivity contribution in [3.8, 4) is 0 Å². The molecular weight excluding hydrogens is 143 g/mol. The maximum atomic E-state index is 5.68. The van der Waals surface area contributed by atoms with Gasteiger partial charge < -0.3 is 0 Å². The van der Waals surface area contributed by atoms with Gasteiger partial charge in [0.2, 0.25) is 0 Å². The van der Waals surface area contributed by atoms with Crippen molar-refractivity contribution >= 4 is 23.2 Å². The van der Waals surface area contributed by atoms with Gasteiger partial charge in [-0.15, -0.1) is 23.2 Å². The first-order valence-electron chi connectivity index (χ1n) is 2.80. The molecule has 0 nitrogen and oxygen atoms in total. The Labute approximate surface area is 61.2 Å². The molecule has 2 heteroatoms. The molecule has 0 N–H and O–H groups in total.